The van der Waals surface area contributed by atoms with Crippen LogP contribution in [0.5, 0.6) is 0 Å². The maximum atomic E-state index is 11.0. The molecule has 0 aliphatic heterocycles. The number of amides is 1. The zero-order valence-corrected chi connectivity index (χ0v) is 11.2. The van der Waals surface area contributed by atoms with E-state index in [1.165, 1.54) is 14.0 Å². The van der Waals surface area contributed by atoms with Crippen LogP contribution in [0.2, 0.25) is 0 Å². The Bertz CT molecular complexity index is 266. The van der Waals surface area contributed by atoms with Crippen LogP contribution in [0.25, 0.3) is 0 Å². The maximum Gasteiger partial charge on any atom is 0.236 e. The fourth-order valence-corrected chi connectivity index (χ4v) is 1.46. The van der Waals surface area contributed by atoms with Crippen molar-refractivity contribution in [3.8, 4) is 0 Å². The number of nitrogens with two attached hydrogens (primary N) is 1. The molecule has 0 spiro atoms. The maximum absolute atomic E-state index is 11.0. The zero-order chi connectivity index (χ0) is 15.0. The van der Waals surface area contributed by atoms with Gasteiger partial charge in [0.25, 0.3) is 0 Å². The minimum absolute atomic E-state index is 0.0355. The van der Waals surface area contributed by atoms with E-state index in [9.17, 15) is 20.1 Å². The van der Waals surface area contributed by atoms with Crippen molar-refractivity contribution in [1.29, 1.82) is 0 Å². The van der Waals surface area contributed by atoms with Crippen molar-refractivity contribution in [3.05, 3.63) is 0 Å². The smallest absolute Gasteiger partial charge is 0.236 e. The Morgan fingerprint density at radius 1 is 1.32 bits per heavy atom. The summed E-state index contributed by atoms with van der Waals surface area (Å²) in [6.07, 6.45) is -4.01. The van der Waals surface area contributed by atoms with E-state index < -0.39 is 36.2 Å². The summed E-state index contributed by atoms with van der Waals surface area (Å²) in [4.78, 5) is 11.0. The molecule has 0 aromatic carbocycles. The molecule has 0 aromatic heterocycles. The molecule has 5 atom stereocenters. The topological polar surface area (TPSA) is 145 Å². The number of ether oxygens (including phenoxy) is 1. The lowest BCUT2D eigenvalue weighted by molar-refractivity contribution is -0.121. The summed E-state index contributed by atoms with van der Waals surface area (Å²) in [5.74, 6) is -1.22. The number of primary amides is 1. The van der Waals surface area contributed by atoms with Crippen LogP contribution < -0.4 is 11.1 Å². The van der Waals surface area contributed by atoms with Crippen LogP contribution in [0, 0.1) is 5.92 Å². The predicted octanol–water partition coefficient (Wildman–Crippen LogP) is -3.21. The van der Waals surface area contributed by atoms with Gasteiger partial charge in [0, 0.05) is 26.2 Å². The van der Waals surface area contributed by atoms with Crippen LogP contribution in [0.3, 0.4) is 0 Å². The average Bonchev–Trinajstić information content (AvgIpc) is 2.39. The highest BCUT2D eigenvalue weighted by Gasteiger charge is 2.29. The first-order valence-electron chi connectivity index (χ1n) is 6.01. The molecule has 114 valence electrons. The molecule has 0 saturated heterocycles. The number of carbonyl (C=O) groups is 1. The van der Waals surface area contributed by atoms with Gasteiger partial charge < -0.3 is 36.2 Å². The summed E-state index contributed by atoms with van der Waals surface area (Å²) < 4.78 is 4.77. The van der Waals surface area contributed by atoms with Gasteiger partial charge in [0.1, 0.15) is 12.1 Å². The molecule has 0 rings (SSSR count). The molecule has 1 amide bonds. The minimum atomic E-state index is -1.44. The number of hydrogen-bond acceptors (Lipinski definition) is 7. The highest BCUT2D eigenvalue weighted by atomic mass is 16.5. The van der Waals surface area contributed by atoms with Crippen molar-refractivity contribution in [3.63, 3.8) is 0 Å². The highest BCUT2D eigenvalue weighted by Crippen LogP contribution is 2.09. The number of hydrogen-bond donors (Lipinski definition) is 6. The molecule has 0 fully saturated rings. The predicted molar refractivity (Wildman–Crippen MR) is 67.1 cm³/mol. The molecule has 19 heavy (non-hydrogen) atoms. The Labute approximate surface area is 112 Å². The second-order valence-corrected chi connectivity index (χ2v) is 4.53. The highest BCUT2D eigenvalue weighted by molar-refractivity contribution is 5.79. The minimum Gasteiger partial charge on any atom is -0.396 e. The van der Waals surface area contributed by atoms with Crippen LogP contribution in [-0.4, -0.2) is 77.6 Å². The normalized spacial score (nSPS) is 19.5. The first kappa shape index (κ1) is 18.2. The van der Waals surface area contributed by atoms with Crippen molar-refractivity contribution in [2.45, 2.75) is 31.3 Å². The van der Waals surface area contributed by atoms with E-state index in [1.54, 1.807) is 0 Å². The van der Waals surface area contributed by atoms with Crippen molar-refractivity contribution in [1.82, 2.24) is 5.32 Å². The quantitative estimate of drug-likeness (QED) is 0.247. The molecule has 8 heteroatoms. The van der Waals surface area contributed by atoms with Gasteiger partial charge in [-0.1, -0.05) is 6.92 Å². The second kappa shape index (κ2) is 9.18. The molecule has 0 aliphatic carbocycles. The molecule has 0 radical (unpaired) electrons. The first-order chi connectivity index (χ1) is 8.84. The number of rotatable bonds is 10. The summed E-state index contributed by atoms with van der Waals surface area (Å²) >= 11 is 0. The fraction of sp³-hybridized carbons (Fsp3) is 0.909. The Morgan fingerprint density at radius 2 is 1.89 bits per heavy atom. The summed E-state index contributed by atoms with van der Waals surface area (Å²) in [6, 6.07) is -0.792. The van der Waals surface area contributed by atoms with Gasteiger partial charge >= 0.3 is 0 Å². The van der Waals surface area contributed by atoms with Crippen LogP contribution >= 0.6 is 0 Å². The lowest BCUT2D eigenvalue weighted by atomic mass is 9.97. The summed E-state index contributed by atoms with van der Waals surface area (Å²) in [7, 11) is 1.40. The van der Waals surface area contributed by atoms with Crippen molar-refractivity contribution in [2.24, 2.45) is 11.7 Å². The van der Waals surface area contributed by atoms with Gasteiger partial charge in [-0.3, -0.25) is 4.79 Å². The molecular formula is C11H24N2O6. The van der Waals surface area contributed by atoms with Crippen LogP contribution in [0.1, 0.15) is 6.92 Å². The van der Waals surface area contributed by atoms with E-state index >= 15 is 0 Å². The molecule has 0 unspecified atom stereocenters. The summed E-state index contributed by atoms with van der Waals surface area (Å²) in [5.41, 5.74) is 5.11. The molecular weight excluding hydrogens is 256 g/mol. The Hall–Kier alpha value is -0.770. The van der Waals surface area contributed by atoms with Gasteiger partial charge in [0.05, 0.1) is 18.8 Å². The van der Waals surface area contributed by atoms with E-state index in [2.05, 4.69) is 5.32 Å². The number of methoxy groups -OCH3 is 1. The second-order valence-electron chi connectivity index (χ2n) is 4.53. The third-order valence-electron chi connectivity index (χ3n) is 2.87. The van der Waals surface area contributed by atoms with Gasteiger partial charge in [0.2, 0.25) is 5.91 Å². The Kier molecular flexibility index (Phi) is 8.81. The van der Waals surface area contributed by atoms with E-state index in [0.717, 1.165) is 0 Å². The van der Waals surface area contributed by atoms with Crippen molar-refractivity contribution >= 4 is 5.91 Å². The Morgan fingerprint density at radius 3 is 2.32 bits per heavy atom. The van der Waals surface area contributed by atoms with Gasteiger partial charge in [0.15, 0.2) is 0 Å². The first-order valence-corrected chi connectivity index (χ1v) is 6.01. The number of aliphatic hydroxyl groups excluding tert-OH is 4. The molecule has 0 aliphatic rings. The third-order valence-corrected chi connectivity index (χ3v) is 2.87. The van der Waals surface area contributed by atoms with Gasteiger partial charge in [-0.2, -0.15) is 0 Å². The number of nitrogens with one attached hydrogen (secondary N) is 1. The summed E-state index contributed by atoms with van der Waals surface area (Å²) in [6.45, 7) is 1.11. The third kappa shape index (κ3) is 6.28. The van der Waals surface area contributed by atoms with Crippen LogP contribution in [-0.2, 0) is 9.53 Å². The van der Waals surface area contributed by atoms with Gasteiger partial charge in [-0.25, -0.2) is 0 Å². The molecule has 0 saturated carbocycles. The number of aliphatic hydroxyl groups is 4. The molecule has 0 aromatic rings. The van der Waals surface area contributed by atoms with Gasteiger partial charge in [-0.05, 0) is 0 Å². The van der Waals surface area contributed by atoms with E-state index in [0.29, 0.717) is 0 Å². The average molecular weight is 280 g/mol. The largest absolute Gasteiger partial charge is 0.396 e. The SMILES string of the molecule is COC[C@H](NC[C@H](O)[C@@H](O)[C@H](O)[C@H](C)CO)C(N)=O. The molecule has 0 bridgehead atoms. The molecule has 8 nitrogen and oxygen atoms in total. The van der Waals surface area contributed by atoms with E-state index in [1.807, 2.05) is 0 Å². The molecule has 0 heterocycles. The van der Waals surface area contributed by atoms with E-state index in [4.69, 9.17) is 15.6 Å². The van der Waals surface area contributed by atoms with Crippen molar-refractivity contribution < 1.29 is 30.0 Å². The van der Waals surface area contributed by atoms with Crippen LogP contribution in [0.15, 0.2) is 0 Å². The van der Waals surface area contributed by atoms with Crippen molar-refractivity contribution in [2.75, 3.05) is 26.9 Å². The number of carbonyl (C=O) groups excluding carboxylic acids is 1. The fourth-order valence-electron chi connectivity index (χ4n) is 1.46. The Balaban J connectivity index is 4.28. The zero-order valence-electron chi connectivity index (χ0n) is 11.2. The molecule has 7 N–H and O–H groups in total. The van der Waals surface area contributed by atoms with Crippen LogP contribution in [0.4, 0.5) is 0 Å². The summed E-state index contributed by atoms with van der Waals surface area (Å²) in [5, 5.41) is 40.5. The van der Waals surface area contributed by atoms with E-state index in [-0.39, 0.29) is 19.8 Å². The standard InChI is InChI=1S/C11H24N2O6/c1-6(4-14)9(16)10(17)8(15)3-13-7(5-19-2)11(12)18/h6-10,13-17H,3-5H2,1-2H3,(H2,12,18)/t6-,7+,8+,9-,10-/m1/s1. The lowest BCUT2D eigenvalue weighted by Crippen LogP contribution is -2.51. The monoisotopic (exact) mass is 280 g/mol. The van der Waals surface area contributed by atoms with Gasteiger partial charge in [-0.15, -0.1) is 0 Å². The lowest BCUT2D eigenvalue weighted by Gasteiger charge is -2.27.